The number of nitrogens with zero attached hydrogens (tertiary/aromatic N) is 2. The van der Waals surface area contributed by atoms with Crippen molar-refractivity contribution >= 4 is 27.5 Å². The Morgan fingerprint density at radius 2 is 1.65 bits per heavy atom. The molecule has 8 nitrogen and oxygen atoms in total. The minimum atomic E-state index is -3.77. The Balaban J connectivity index is 2.37. The first kappa shape index (κ1) is 27.2. The molecule has 0 radical (unpaired) electrons. The molecule has 0 heterocycles. The zero-order chi connectivity index (χ0) is 25.1. The van der Waals surface area contributed by atoms with Gasteiger partial charge in [0.2, 0.25) is 21.8 Å². The summed E-state index contributed by atoms with van der Waals surface area (Å²) >= 11 is 0. The van der Waals surface area contributed by atoms with Crippen molar-refractivity contribution in [3.05, 3.63) is 60.2 Å². The molecule has 1 unspecified atom stereocenters. The van der Waals surface area contributed by atoms with Gasteiger partial charge in [-0.05, 0) is 49.6 Å². The van der Waals surface area contributed by atoms with Crippen molar-refractivity contribution in [2.75, 3.05) is 30.3 Å². The average Bonchev–Trinajstić information content (AvgIpc) is 2.81. The predicted molar refractivity (Wildman–Crippen MR) is 134 cm³/mol. The monoisotopic (exact) mass is 489 g/mol. The molecule has 1 N–H and O–H groups in total. The van der Waals surface area contributed by atoms with E-state index in [9.17, 15) is 18.0 Å². The number of hydrogen-bond donors (Lipinski definition) is 1. The number of rotatable bonds is 13. The maximum atomic E-state index is 13.5. The molecule has 0 aliphatic carbocycles. The highest BCUT2D eigenvalue weighted by Gasteiger charge is 2.31. The van der Waals surface area contributed by atoms with Crippen LogP contribution in [0.4, 0.5) is 5.69 Å². The highest BCUT2D eigenvalue weighted by atomic mass is 32.2. The number of hydrogen-bond acceptors (Lipinski definition) is 5. The molecule has 34 heavy (non-hydrogen) atoms. The zero-order valence-electron chi connectivity index (χ0n) is 20.4. The third-order valence-electron chi connectivity index (χ3n) is 5.25. The van der Waals surface area contributed by atoms with E-state index in [-0.39, 0.29) is 12.5 Å². The lowest BCUT2D eigenvalue weighted by Crippen LogP contribution is -2.52. The molecule has 2 amide bonds. The lowest BCUT2D eigenvalue weighted by Gasteiger charge is -2.32. The SMILES string of the molecule is CCCNC(=O)C(CC)N(Cc1ccccc1)C(=O)CN(c1ccc(OCC)cc1)S(C)(=O)=O. The molecule has 0 saturated carbocycles. The number of nitrogens with one attached hydrogen (secondary N) is 1. The van der Waals surface area contributed by atoms with Gasteiger partial charge in [-0.25, -0.2) is 8.42 Å². The Morgan fingerprint density at radius 3 is 2.18 bits per heavy atom. The lowest BCUT2D eigenvalue weighted by molar-refractivity contribution is -0.140. The number of anilines is 1. The molecule has 2 rings (SSSR count). The average molecular weight is 490 g/mol. The van der Waals surface area contributed by atoms with Crippen molar-refractivity contribution < 1.29 is 22.7 Å². The van der Waals surface area contributed by atoms with Gasteiger partial charge in [0.15, 0.2) is 0 Å². The third kappa shape index (κ3) is 7.76. The van der Waals surface area contributed by atoms with Crippen LogP contribution in [0.2, 0.25) is 0 Å². The van der Waals surface area contributed by atoms with Crippen molar-refractivity contribution in [2.45, 2.75) is 46.2 Å². The summed E-state index contributed by atoms with van der Waals surface area (Å²) in [5.41, 5.74) is 1.20. The van der Waals surface area contributed by atoms with E-state index in [1.54, 1.807) is 24.3 Å². The standard InChI is InChI=1S/C25H35N3O5S/c1-5-17-26-25(30)23(6-2)27(18-20-11-9-8-10-12-20)24(29)19-28(34(4,31)32)21-13-15-22(16-14-21)33-7-3/h8-16,23H,5-7,17-19H2,1-4H3,(H,26,30). The van der Waals surface area contributed by atoms with Gasteiger partial charge in [0, 0.05) is 13.1 Å². The zero-order valence-corrected chi connectivity index (χ0v) is 21.2. The van der Waals surface area contributed by atoms with Gasteiger partial charge in [0.1, 0.15) is 18.3 Å². The van der Waals surface area contributed by atoms with E-state index in [1.807, 2.05) is 51.1 Å². The first-order valence-corrected chi connectivity index (χ1v) is 13.4. The summed E-state index contributed by atoms with van der Waals surface area (Å²) in [7, 11) is -3.77. The van der Waals surface area contributed by atoms with Crippen molar-refractivity contribution in [3.8, 4) is 5.75 Å². The van der Waals surface area contributed by atoms with Crippen LogP contribution in [0, 0.1) is 0 Å². The summed E-state index contributed by atoms with van der Waals surface area (Å²) in [5, 5.41) is 2.86. The minimum absolute atomic E-state index is 0.193. The Hall–Kier alpha value is -3.07. The predicted octanol–water partition coefficient (Wildman–Crippen LogP) is 3.18. The fourth-order valence-electron chi connectivity index (χ4n) is 3.55. The molecule has 0 aromatic heterocycles. The van der Waals surface area contributed by atoms with E-state index >= 15 is 0 Å². The highest BCUT2D eigenvalue weighted by molar-refractivity contribution is 7.92. The van der Waals surface area contributed by atoms with Crippen LogP contribution in [0.25, 0.3) is 0 Å². The number of carbonyl (C=O) groups excluding carboxylic acids is 2. The number of ether oxygens (including phenoxy) is 1. The van der Waals surface area contributed by atoms with Gasteiger partial charge in [-0.2, -0.15) is 0 Å². The summed E-state index contributed by atoms with van der Waals surface area (Å²) in [6, 6.07) is 15.1. The third-order valence-corrected chi connectivity index (χ3v) is 6.39. The fraction of sp³-hybridized carbons (Fsp3) is 0.440. The molecule has 0 aliphatic heterocycles. The smallest absolute Gasteiger partial charge is 0.244 e. The van der Waals surface area contributed by atoms with Crippen molar-refractivity contribution in [2.24, 2.45) is 0 Å². The quantitative estimate of drug-likeness (QED) is 0.466. The Labute approximate surface area is 202 Å². The summed E-state index contributed by atoms with van der Waals surface area (Å²) in [6.45, 7) is 6.41. The summed E-state index contributed by atoms with van der Waals surface area (Å²) in [5.74, 6) is -0.0994. The van der Waals surface area contributed by atoms with E-state index in [1.165, 1.54) is 4.90 Å². The van der Waals surface area contributed by atoms with Crippen LogP contribution in [0.5, 0.6) is 5.75 Å². The lowest BCUT2D eigenvalue weighted by atomic mass is 10.1. The molecule has 1 atom stereocenters. The molecule has 0 spiro atoms. The van der Waals surface area contributed by atoms with E-state index < -0.39 is 28.5 Å². The van der Waals surface area contributed by atoms with Gasteiger partial charge in [-0.1, -0.05) is 44.2 Å². The van der Waals surface area contributed by atoms with Gasteiger partial charge in [0.05, 0.1) is 18.6 Å². The van der Waals surface area contributed by atoms with Crippen LogP contribution >= 0.6 is 0 Å². The van der Waals surface area contributed by atoms with Crippen LogP contribution in [0.3, 0.4) is 0 Å². The molecule has 0 aliphatic rings. The van der Waals surface area contributed by atoms with Crippen LogP contribution in [-0.4, -0.2) is 57.1 Å². The van der Waals surface area contributed by atoms with Crippen LogP contribution < -0.4 is 14.4 Å². The number of carbonyl (C=O) groups is 2. The molecule has 2 aromatic rings. The van der Waals surface area contributed by atoms with E-state index in [0.29, 0.717) is 31.0 Å². The fourth-order valence-corrected chi connectivity index (χ4v) is 4.40. The summed E-state index contributed by atoms with van der Waals surface area (Å²) in [6.07, 6.45) is 2.23. The minimum Gasteiger partial charge on any atom is -0.494 e. The Kier molecular flexibility index (Phi) is 10.4. The van der Waals surface area contributed by atoms with E-state index in [2.05, 4.69) is 5.32 Å². The van der Waals surface area contributed by atoms with Crippen molar-refractivity contribution in [1.82, 2.24) is 10.2 Å². The number of benzene rings is 2. The van der Waals surface area contributed by atoms with Crippen LogP contribution in [-0.2, 0) is 26.2 Å². The van der Waals surface area contributed by atoms with Gasteiger partial charge >= 0.3 is 0 Å². The van der Waals surface area contributed by atoms with E-state index in [0.717, 1.165) is 22.5 Å². The first-order chi connectivity index (χ1) is 16.2. The molecule has 186 valence electrons. The molecule has 2 aromatic carbocycles. The number of sulfonamides is 1. The topological polar surface area (TPSA) is 96.0 Å². The maximum absolute atomic E-state index is 13.5. The molecular weight excluding hydrogens is 454 g/mol. The second-order valence-corrected chi connectivity index (χ2v) is 9.83. The maximum Gasteiger partial charge on any atom is 0.244 e. The molecule has 0 saturated heterocycles. The number of amides is 2. The van der Waals surface area contributed by atoms with Crippen LogP contribution in [0.15, 0.2) is 54.6 Å². The Bertz CT molecular complexity index is 1030. The van der Waals surface area contributed by atoms with Crippen molar-refractivity contribution in [3.63, 3.8) is 0 Å². The van der Waals surface area contributed by atoms with E-state index in [4.69, 9.17) is 4.74 Å². The van der Waals surface area contributed by atoms with Gasteiger partial charge in [-0.15, -0.1) is 0 Å². The summed E-state index contributed by atoms with van der Waals surface area (Å²) < 4.78 is 31.7. The van der Waals surface area contributed by atoms with Crippen LogP contribution in [0.1, 0.15) is 39.2 Å². The van der Waals surface area contributed by atoms with Crippen molar-refractivity contribution in [1.29, 1.82) is 0 Å². The summed E-state index contributed by atoms with van der Waals surface area (Å²) in [4.78, 5) is 27.9. The molecule has 0 fully saturated rings. The second kappa shape index (κ2) is 13.0. The second-order valence-electron chi connectivity index (χ2n) is 7.92. The van der Waals surface area contributed by atoms with Gasteiger partial charge in [-0.3, -0.25) is 13.9 Å². The van der Waals surface area contributed by atoms with Gasteiger partial charge in [0.25, 0.3) is 0 Å². The normalized spacial score (nSPS) is 12.0. The molecule has 9 heteroatoms. The highest BCUT2D eigenvalue weighted by Crippen LogP contribution is 2.23. The first-order valence-electron chi connectivity index (χ1n) is 11.5. The van der Waals surface area contributed by atoms with Gasteiger partial charge < -0.3 is 15.0 Å². The largest absolute Gasteiger partial charge is 0.494 e. The Morgan fingerprint density at radius 1 is 1.00 bits per heavy atom. The molecular formula is C25H35N3O5S. The molecule has 0 bridgehead atoms.